The molecule has 0 aliphatic carbocycles. The van der Waals surface area contributed by atoms with Gasteiger partial charge >= 0.3 is 5.97 Å². The summed E-state index contributed by atoms with van der Waals surface area (Å²) >= 11 is 0. The van der Waals surface area contributed by atoms with Crippen LogP contribution in [-0.2, 0) is 9.47 Å². The molecular formula is C30H42O5. The molecule has 1 aliphatic heterocycles. The molecule has 1 heterocycles. The van der Waals surface area contributed by atoms with Crippen molar-refractivity contribution in [2.75, 3.05) is 19.8 Å². The van der Waals surface area contributed by atoms with Gasteiger partial charge in [-0.1, -0.05) is 77.8 Å². The number of benzene rings is 2. The van der Waals surface area contributed by atoms with Gasteiger partial charge in [-0.05, 0) is 48.7 Å². The monoisotopic (exact) mass is 482 g/mol. The zero-order valence-electron chi connectivity index (χ0n) is 21.7. The number of unbranched alkanes of at least 4 members (excludes halogenated alkanes) is 5. The predicted octanol–water partition coefficient (Wildman–Crippen LogP) is 7.74. The molecule has 1 saturated heterocycles. The summed E-state index contributed by atoms with van der Waals surface area (Å²) in [5, 5.41) is 0. The topological polar surface area (TPSA) is 54.0 Å². The lowest BCUT2D eigenvalue weighted by atomic mass is 10.0. The van der Waals surface area contributed by atoms with Gasteiger partial charge in [0.2, 0.25) is 0 Å². The zero-order valence-corrected chi connectivity index (χ0v) is 21.7. The van der Waals surface area contributed by atoms with Crippen LogP contribution in [-0.4, -0.2) is 25.8 Å². The van der Waals surface area contributed by atoms with E-state index in [9.17, 15) is 4.79 Å². The largest absolute Gasteiger partial charge is 0.493 e. The zero-order chi connectivity index (χ0) is 24.9. The summed E-state index contributed by atoms with van der Waals surface area (Å²) in [7, 11) is 0. The van der Waals surface area contributed by atoms with Crippen LogP contribution in [0.15, 0.2) is 48.5 Å². The molecule has 0 aromatic heterocycles. The van der Waals surface area contributed by atoms with Gasteiger partial charge in [-0.2, -0.15) is 0 Å². The van der Waals surface area contributed by atoms with Crippen LogP contribution in [0, 0.1) is 11.8 Å². The average molecular weight is 483 g/mol. The molecule has 5 heteroatoms. The molecule has 0 spiro atoms. The van der Waals surface area contributed by atoms with Gasteiger partial charge in [0.25, 0.3) is 0 Å². The average Bonchev–Trinajstić information content (AvgIpc) is 2.90. The number of hydrogen-bond donors (Lipinski definition) is 0. The number of carbonyl (C=O) groups is 1. The molecule has 0 amide bonds. The highest BCUT2D eigenvalue weighted by molar-refractivity contribution is 5.91. The second-order valence-electron chi connectivity index (χ2n) is 9.73. The van der Waals surface area contributed by atoms with Crippen molar-refractivity contribution in [1.29, 1.82) is 0 Å². The molecule has 0 bridgehead atoms. The second kappa shape index (κ2) is 14.9. The number of carbonyl (C=O) groups excluding carboxylic acids is 1. The Hall–Kier alpha value is -2.37. The molecule has 2 aromatic carbocycles. The molecule has 1 fully saturated rings. The Labute approximate surface area is 211 Å². The van der Waals surface area contributed by atoms with Crippen molar-refractivity contribution < 1.29 is 23.7 Å². The summed E-state index contributed by atoms with van der Waals surface area (Å²) in [6.07, 6.45) is 9.75. The summed E-state index contributed by atoms with van der Waals surface area (Å²) in [5.41, 5.74) is 1.42. The normalized spacial score (nSPS) is 18.7. The van der Waals surface area contributed by atoms with Crippen LogP contribution in [0.25, 0.3) is 0 Å². The number of ether oxygens (including phenoxy) is 4. The van der Waals surface area contributed by atoms with Gasteiger partial charge in [-0.3, -0.25) is 0 Å². The first-order valence-corrected chi connectivity index (χ1v) is 13.4. The van der Waals surface area contributed by atoms with E-state index in [1.807, 2.05) is 12.1 Å². The summed E-state index contributed by atoms with van der Waals surface area (Å²) < 4.78 is 23.2. The minimum atomic E-state index is -0.395. The standard InChI is InChI=1S/C30H42O5/c1-4-6-7-8-9-10-11-24-21-33-30(34-22-24)26-14-18-28(19-15-26)35-29(31)25-12-16-27(17-13-25)32-20-23(3)5-2/h12-19,23-24,30H,4-11,20-22H2,1-3H3. The summed E-state index contributed by atoms with van der Waals surface area (Å²) in [4.78, 5) is 12.5. The van der Waals surface area contributed by atoms with E-state index in [1.165, 1.54) is 44.9 Å². The first-order valence-electron chi connectivity index (χ1n) is 13.4. The smallest absolute Gasteiger partial charge is 0.343 e. The number of hydrogen-bond acceptors (Lipinski definition) is 5. The Balaban J connectivity index is 1.39. The highest BCUT2D eigenvalue weighted by atomic mass is 16.7. The van der Waals surface area contributed by atoms with E-state index in [2.05, 4.69) is 20.8 Å². The third-order valence-corrected chi connectivity index (χ3v) is 6.62. The fraction of sp³-hybridized carbons (Fsp3) is 0.567. The van der Waals surface area contributed by atoms with Gasteiger partial charge in [-0.25, -0.2) is 4.79 Å². The minimum absolute atomic E-state index is 0.358. The van der Waals surface area contributed by atoms with E-state index in [4.69, 9.17) is 18.9 Å². The highest BCUT2D eigenvalue weighted by Crippen LogP contribution is 2.29. The molecule has 1 aliphatic rings. The summed E-state index contributed by atoms with van der Waals surface area (Å²) in [6, 6.07) is 14.4. The van der Waals surface area contributed by atoms with Crippen molar-refractivity contribution in [3.8, 4) is 11.5 Å². The number of esters is 1. The SMILES string of the molecule is CCCCCCCCC1COC(c2ccc(OC(=O)c3ccc(OCC(C)CC)cc3)cc2)OC1. The second-order valence-corrected chi connectivity index (χ2v) is 9.73. The Kier molecular flexibility index (Phi) is 11.6. The van der Waals surface area contributed by atoms with Crippen LogP contribution in [0.4, 0.5) is 0 Å². The fourth-order valence-corrected chi connectivity index (χ4v) is 4.02. The maximum Gasteiger partial charge on any atom is 0.343 e. The molecule has 192 valence electrons. The molecule has 1 atom stereocenters. The molecule has 5 nitrogen and oxygen atoms in total. The Morgan fingerprint density at radius 1 is 0.886 bits per heavy atom. The van der Waals surface area contributed by atoms with Crippen LogP contribution >= 0.6 is 0 Å². The summed E-state index contributed by atoms with van der Waals surface area (Å²) in [5.74, 6) is 1.83. The Morgan fingerprint density at radius 3 is 2.17 bits per heavy atom. The first kappa shape index (κ1) is 27.2. The summed E-state index contributed by atoms with van der Waals surface area (Å²) in [6.45, 7) is 8.67. The van der Waals surface area contributed by atoms with Crippen molar-refractivity contribution in [3.63, 3.8) is 0 Å². The lowest BCUT2D eigenvalue weighted by Gasteiger charge is -2.29. The lowest BCUT2D eigenvalue weighted by Crippen LogP contribution is -2.27. The van der Waals surface area contributed by atoms with Crippen LogP contribution in [0.2, 0.25) is 0 Å². The van der Waals surface area contributed by atoms with Crippen molar-refractivity contribution in [2.45, 2.75) is 78.4 Å². The van der Waals surface area contributed by atoms with E-state index in [0.29, 0.717) is 29.8 Å². The van der Waals surface area contributed by atoms with Gasteiger partial charge in [0.1, 0.15) is 11.5 Å². The fourth-order valence-electron chi connectivity index (χ4n) is 4.02. The van der Waals surface area contributed by atoms with Crippen LogP contribution in [0.3, 0.4) is 0 Å². The van der Waals surface area contributed by atoms with Crippen LogP contribution < -0.4 is 9.47 Å². The van der Waals surface area contributed by atoms with Crippen molar-refractivity contribution >= 4 is 5.97 Å². The molecule has 35 heavy (non-hydrogen) atoms. The Bertz CT molecular complexity index is 853. The van der Waals surface area contributed by atoms with Gasteiger partial charge in [0.15, 0.2) is 6.29 Å². The van der Waals surface area contributed by atoms with Gasteiger partial charge < -0.3 is 18.9 Å². The van der Waals surface area contributed by atoms with Gasteiger partial charge in [0, 0.05) is 11.5 Å². The molecular weight excluding hydrogens is 440 g/mol. The van der Waals surface area contributed by atoms with Crippen LogP contribution in [0.5, 0.6) is 11.5 Å². The molecule has 0 saturated carbocycles. The number of rotatable bonds is 14. The maximum atomic E-state index is 12.5. The Morgan fingerprint density at radius 2 is 1.51 bits per heavy atom. The van der Waals surface area contributed by atoms with E-state index in [-0.39, 0.29) is 6.29 Å². The minimum Gasteiger partial charge on any atom is -0.493 e. The van der Waals surface area contributed by atoms with Gasteiger partial charge in [-0.15, -0.1) is 0 Å². The van der Waals surface area contributed by atoms with E-state index < -0.39 is 5.97 Å². The molecule has 1 unspecified atom stereocenters. The van der Waals surface area contributed by atoms with Crippen molar-refractivity contribution in [2.24, 2.45) is 11.8 Å². The van der Waals surface area contributed by atoms with Crippen molar-refractivity contribution in [3.05, 3.63) is 59.7 Å². The molecule has 0 radical (unpaired) electrons. The maximum absolute atomic E-state index is 12.5. The van der Waals surface area contributed by atoms with Crippen molar-refractivity contribution in [1.82, 2.24) is 0 Å². The molecule has 0 N–H and O–H groups in total. The van der Waals surface area contributed by atoms with E-state index >= 15 is 0 Å². The lowest BCUT2D eigenvalue weighted by molar-refractivity contribution is -0.206. The van der Waals surface area contributed by atoms with Gasteiger partial charge in [0.05, 0.1) is 25.4 Å². The molecule has 2 aromatic rings. The molecule has 3 rings (SSSR count). The van der Waals surface area contributed by atoms with Crippen LogP contribution in [0.1, 0.15) is 94.3 Å². The third kappa shape index (κ3) is 9.30. The first-order chi connectivity index (χ1) is 17.1. The third-order valence-electron chi connectivity index (χ3n) is 6.62. The quantitative estimate of drug-likeness (QED) is 0.157. The van der Waals surface area contributed by atoms with E-state index in [0.717, 1.165) is 30.9 Å². The highest BCUT2D eigenvalue weighted by Gasteiger charge is 2.23. The predicted molar refractivity (Wildman–Crippen MR) is 139 cm³/mol. The van der Waals surface area contributed by atoms with E-state index in [1.54, 1.807) is 36.4 Å².